The first-order valence-corrected chi connectivity index (χ1v) is 8.25. The van der Waals surface area contributed by atoms with Crippen LogP contribution in [0, 0.1) is 6.92 Å². The van der Waals surface area contributed by atoms with Crippen molar-refractivity contribution in [2.24, 2.45) is 0 Å². The number of rotatable bonds is 6. The Hall–Kier alpha value is -1.32. The van der Waals surface area contributed by atoms with E-state index in [9.17, 15) is 0 Å². The lowest BCUT2D eigenvalue weighted by Crippen LogP contribution is -2.24. The van der Waals surface area contributed by atoms with Gasteiger partial charge in [0.05, 0.1) is 0 Å². The van der Waals surface area contributed by atoms with Crippen molar-refractivity contribution < 1.29 is 0 Å². The van der Waals surface area contributed by atoms with Crippen LogP contribution in [-0.4, -0.2) is 17.8 Å². The quantitative estimate of drug-likeness (QED) is 0.812. The molecule has 0 bridgehead atoms. The fraction of sp³-hybridized carbons (Fsp3) is 0.353. The SMILES string of the molecule is CCNC(Cc1ncccc1C)c1ccccc1SC. The predicted octanol–water partition coefficient (Wildman–Crippen LogP) is 4.01. The summed E-state index contributed by atoms with van der Waals surface area (Å²) >= 11 is 1.80. The number of hydrogen-bond donors (Lipinski definition) is 1. The first-order valence-electron chi connectivity index (χ1n) is 7.03. The molecule has 1 aromatic heterocycles. The molecule has 1 atom stereocenters. The highest BCUT2D eigenvalue weighted by Crippen LogP contribution is 2.28. The molecule has 0 aliphatic carbocycles. The molecular weight excluding hydrogens is 264 g/mol. The zero-order valence-electron chi connectivity index (χ0n) is 12.4. The third kappa shape index (κ3) is 3.62. The Morgan fingerprint density at radius 3 is 2.70 bits per heavy atom. The van der Waals surface area contributed by atoms with Crippen molar-refractivity contribution >= 4 is 11.8 Å². The van der Waals surface area contributed by atoms with E-state index in [2.05, 4.69) is 60.7 Å². The minimum Gasteiger partial charge on any atom is -0.310 e. The third-order valence-corrected chi connectivity index (χ3v) is 4.29. The molecule has 106 valence electrons. The molecule has 1 unspecified atom stereocenters. The summed E-state index contributed by atoms with van der Waals surface area (Å²) in [6, 6.07) is 13.1. The summed E-state index contributed by atoms with van der Waals surface area (Å²) in [5.74, 6) is 0. The van der Waals surface area contributed by atoms with E-state index in [0.717, 1.165) is 13.0 Å². The second-order valence-electron chi connectivity index (χ2n) is 4.82. The molecular formula is C17H22N2S. The maximum Gasteiger partial charge on any atom is 0.0451 e. The predicted molar refractivity (Wildman–Crippen MR) is 87.3 cm³/mol. The topological polar surface area (TPSA) is 24.9 Å². The Balaban J connectivity index is 2.29. The highest BCUT2D eigenvalue weighted by molar-refractivity contribution is 7.98. The summed E-state index contributed by atoms with van der Waals surface area (Å²) in [5, 5.41) is 3.60. The maximum absolute atomic E-state index is 4.53. The van der Waals surface area contributed by atoms with E-state index in [1.165, 1.54) is 21.7 Å². The maximum atomic E-state index is 4.53. The van der Waals surface area contributed by atoms with E-state index in [1.54, 1.807) is 11.8 Å². The van der Waals surface area contributed by atoms with Gasteiger partial charge in [0.2, 0.25) is 0 Å². The first-order chi connectivity index (χ1) is 9.76. The van der Waals surface area contributed by atoms with Crippen LogP contribution in [0.3, 0.4) is 0 Å². The van der Waals surface area contributed by atoms with Gasteiger partial charge in [-0.3, -0.25) is 4.98 Å². The van der Waals surface area contributed by atoms with Crippen molar-refractivity contribution in [3.8, 4) is 0 Å². The van der Waals surface area contributed by atoms with Crippen LogP contribution >= 0.6 is 11.8 Å². The van der Waals surface area contributed by atoms with Gasteiger partial charge in [-0.15, -0.1) is 11.8 Å². The summed E-state index contributed by atoms with van der Waals surface area (Å²) in [4.78, 5) is 5.87. The van der Waals surface area contributed by atoms with Gasteiger partial charge in [-0.1, -0.05) is 31.2 Å². The molecule has 3 heteroatoms. The smallest absolute Gasteiger partial charge is 0.0451 e. The Kier molecular flexibility index (Phi) is 5.62. The van der Waals surface area contributed by atoms with Gasteiger partial charge in [0.1, 0.15) is 0 Å². The molecule has 0 saturated heterocycles. The van der Waals surface area contributed by atoms with Gasteiger partial charge in [-0.05, 0) is 43.0 Å². The van der Waals surface area contributed by atoms with Gasteiger partial charge < -0.3 is 5.32 Å². The van der Waals surface area contributed by atoms with Crippen molar-refractivity contribution in [1.29, 1.82) is 0 Å². The summed E-state index contributed by atoms with van der Waals surface area (Å²) < 4.78 is 0. The molecule has 1 aromatic carbocycles. The molecule has 2 rings (SSSR count). The van der Waals surface area contributed by atoms with Crippen molar-refractivity contribution in [3.05, 3.63) is 59.4 Å². The van der Waals surface area contributed by atoms with Gasteiger partial charge in [-0.25, -0.2) is 0 Å². The minimum atomic E-state index is 0.317. The third-order valence-electron chi connectivity index (χ3n) is 3.48. The lowest BCUT2D eigenvalue weighted by molar-refractivity contribution is 0.535. The standard InChI is InChI=1S/C17H22N2S/c1-4-18-16(12-15-13(2)8-7-11-19-15)14-9-5-6-10-17(14)20-3/h5-11,16,18H,4,12H2,1-3H3. The Labute approximate surface area is 126 Å². The first kappa shape index (κ1) is 15.1. The minimum absolute atomic E-state index is 0.317. The number of thioether (sulfide) groups is 1. The van der Waals surface area contributed by atoms with Gasteiger partial charge in [0.25, 0.3) is 0 Å². The van der Waals surface area contributed by atoms with Gasteiger partial charge in [0, 0.05) is 29.2 Å². The molecule has 0 fully saturated rings. The molecule has 2 nitrogen and oxygen atoms in total. The number of aromatic nitrogens is 1. The Morgan fingerprint density at radius 1 is 1.20 bits per heavy atom. The fourth-order valence-electron chi connectivity index (χ4n) is 2.42. The summed E-state index contributed by atoms with van der Waals surface area (Å²) in [6.45, 7) is 5.24. The second kappa shape index (κ2) is 7.46. The zero-order chi connectivity index (χ0) is 14.4. The van der Waals surface area contributed by atoms with Crippen LogP contribution in [0.15, 0.2) is 47.5 Å². The van der Waals surface area contributed by atoms with E-state index in [4.69, 9.17) is 0 Å². The average Bonchev–Trinajstić information content (AvgIpc) is 2.49. The molecule has 1 heterocycles. The molecule has 0 aliphatic heterocycles. The normalized spacial score (nSPS) is 12.3. The van der Waals surface area contributed by atoms with Crippen LogP contribution in [-0.2, 0) is 6.42 Å². The summed E-state index contributed by atoms with van der Waals surface area (Å²) in [5.41, 5.74) is 3.80. The van der Waals surface area contributed by atoms with Crippen molar-refractivity contribution in [2.45, 2.75) is 31.2 Å². The zero-order valence-corrected chi connectivity index (χ0v) is 13.2. The van der Waals surface area contributed by atoms with Crippen molar-refractivity contribution in [3.63, 3.8) is 0 Å². The average molecular weight is 286 g/mol. The molecule has 2 aromatic rings. The monoisotopic (exact) mass is 286 g/mol. The Bertz CT molecular complexity index is 554. The molecule has 0 radical (unpaired) electrons. The summed E-state index contributed by atoms with van der Waals surface area (Å²) in [7, 11) is 0. The lowest BCUT2D eigenvalue weighted by atomic mass is 9.99. The molecule has 0 spiro atoms. The Morgan fingerprint density at radius 2 is 2.00 bits per heavy atom. The number of hydrogen-bond acceptors (Lipinski definition) is 3. The van der Waals surface area contributed by atoms with Crippen LogP contribution < -0.4 is 5.32 Å². The van der Waals surface area contributed by atoms with Gasteiger partial charge >= 0.3 is 0 Å². The van der Waals surface area contributed by atoms with Gasteiger partial charge in [-0.2, -0.15) is 0 Å². The molecule has 0 aliphatic rings. The highest BCUT2D eigenvalue weighted by Gasteiger charge is 2.16. The van der Waals surface area contributed by atoms with Crippen molar-refractivity contribution in [2.75, 3.05) is 12.8 Å². The second-order valence-corrected chi connectivity index (χ2v) is 5.67. The number of nitrogens with zero attached hydrogens (tertiary/aromatic N) is 1. The number of aryl methyl sites for hydroxylation is 1. The van der Waals surface area contributed by atoms with E-state index < -0.39 is 0 Å². The largest absolute Gasteiger partial charge is 0.310 e. The molecule has 20 heavy (non-hydrogen) atoms. The van der Waals surface area contributed by atoms with E-state index in [0.29, 0.717) is 6.04 Å². The van der Waals surface area contributed by atoms with Crippen LogP contribution in [0.5, 0.6) is 0 Å². The molecule has 1 N–H and O–H groups in total. The number of nitrogens with one attached hydrogen (secondary N) is 1. The van der Waals surface area contributed by atoms with Crippen LogP contribution in [0.4, 0.5) is 0 Å². The lowest BCUT2D eigenvalue weighted by Gasteiger charge is -2.21. The van der Waals surface area contributed by atoms with Crippen molar-refractivity contribution in [1.82, 2.24) is 10.3 Å². The fourth-order valence-corrected chi connectivity index (χ4v) is 3.08. The molecule has 0 saturated carbocycles. The van der Waals surface area contributed by atoms with Crippen LogP contribution in [0.1, 0.15) is 29.8 Å². The van der Waals surface area contributed by atoms with E-state index in [1.807, 2.05) is 12.3 Å². The van der Waals surface area contributed by atoms with Crippen LogP contribution in [0.2, 0.25) is 0 Å². The van der Waals surface area contributed by atoms with Gasteiger partial charge in [0.15, 0.2) is 0 Å². The molecule has 0 amide bonds. The number of benzene rings is 1. The van der Waals surface area contributed by atoms with E-state index in [-0.39, 0.29) is 0 Å². The highest BCUT2D eigenvalue weighted by atomic mass is 32.2. The van der Waals surface area contributed by atoms with E-state index >= 15 is 0 Å². The number of likely N-dealkylation sites (N-methyl/N-ethyl adjacent to an activating group) is 1. The van der Waals surface area contributed by atoms with Crippen LogP contribution in [0.25, 0.3) is 0 Å². The number of pyridine rings is 1. The summed E-state index contributed by atoms with van der Waals surface area (Å²) in [6.07, 6.45) is 4.94.